The molecule has 5 heterocycles. The Labute approximate surface area is 211 Å². The monoisotopic (exact) mass is 492 g/mol. The smallest absolute Gasteiger partial charge is 0.229 e. The van der Waals surface area contributed by atoms with Crippen LogP contribution in [0.4, 0.5) is 5.69 Å². The highest BCUT2D eigenvalue weighted by Crippen LogP contribution is 2.35. The van der Waals surface area contributed by atoms with E-state index < -0.39 is 5.41 Å². The van der Waals surface area contributed by atoms with E-state index in [4.69, 9.17) is 0 Å². The van der Waals surface area contributed by atoms with Gasteiger partial charge in [0, 0.05) is 34.1 Å². The molecule has 6 aromatic rings. The Morgan fingerprint density at radius 1 is 0.972 bits per heavy atom. The Bertz CT molecular complexity index is 1720. The van der Waals surface area contributed by atoms with E-state index in [-0.39, 0.29) is 5.91 Å². The van der Waals surface area contributed by atoms with Gasteiger partial charge in [0.05, 0.1) is 23.1 Å². The molecular formula is C28H24N6OS. The van der Waals surface area contributed by atoms with Crippen LogP contribution in [-0.2, 0) is 4.79 Å². The summed E-state index contributed by atoms with van der Waals surface area (Å²) in [5.41, 5.74) is 7.88. The summed E-state index contributed by atoms with van der Waals surface area (Å²) in [6, 6.07) is 14.4. The molecular weight excluding hydrogens is 468 g/mol. The standard InChI is InChI=1S/C28H24N6OS/c1-28(2,3)27(35)31-19-10-18(13-29-14-19)16-4-5-23-22(11-16)25(34-33-23)24-12-21-20(17-7-9-36-15-17)6-8-30-26(21)32-24/h4-15H,1-3H3,(H,30,32)(H,31,35)(H,33,34). The molecule has 5 aromatic heterocycles. The summed E-state index contributed by atoms with van der Waals surface area (Å²) in [5.74, 6) is -0.0525. The van der Waals surface area contributed by atoms with Crippen molar-refractivity contribution >= 4 is 44.9 Å². The van der Waals surface area contributed by atoms with Crippen molar-refractivity contribution in [1.29, 1.82) is 0 Å². The van der Waals surface area contributed by atoms with Crippen molar-refractivity contribution in [2.45, 2.75) is 20.8 Å². The number of pyridine rings is 2. The first-order valence-corrected chi connectivity index (χ1v) is 12.6. The second kappa shape index (κ2) is 8.42. The molecule has 0 atom stereocenters. The molecule has 178 valence electrons. The highest BCUT2D eigenvalue weighted by atomic mass is 32.1. The zero-order chi connectivity index (χ0) is 24.9. The number of hydrogen-bond donors (Lipinski definition) is 3. The quantitative estimate of drug-likeness (QED) is 0.250. The number of benzene rings is 1. The van der Waals surface area contributed by atoms with E-state index in [2.05, 4.69) is 59.4 Å². The van der Waals surface area contributed by atoms with Gasteiger partial charge in [-0.15, -0.1) is 0 Å². The van der Waals surface area contributed by atoms with Crippen molar-refractivity contribution in [2.75, 3.05) is 5.32 Å². The third-order valence-corrected chi connectivity index (χ3v) is 6.88. The van der Waals surface area contributed by atoms with Crippen LogP contribution in [0.25, 0.3) is 55.6 Å². The van der Waals surface area contributed by atoms with Crippen LogP contribution < -0.4 is 5.32 Å². The second-order valence-corrected chi connectivity index (χ2v) is 10.6. The minimum atomic E-state index is -0.488. The van der Waals surface area contributed by atoms with E-state index in [1.54, 1.807) is 23.7 Å². The average Bonchev–Trinajstić information content (AvgIpc) is 3.62. The molecule has 0 aliphatic rings. The highest BCUT2D eigenvalue weighted by molar-refractivity contribution is 7.08. The van der Waals surface area contributed by atoms with Gasteiger partial charge in [0.2, 0.25) is 5.91 Å². The number of H-pyrrole nitrogens is 2. The number of anilines is 1. The lowest BCUT2D eigenvalue weighted by Gasteiger charge is -2.17. The van der Waals surface area contributed by atoms with Gasteiger partial charge in [-0.05, 0) is 63.8 Å². The van der Waals surface area contributed by atoms with E-state index in [0.29, 0.717) is 5.69 Å². The molecule has 0 saturated heterocycles. The van der Waals surface area contributed by atoms with Crippen LogP contribution in [0.3, 0.4) is 0 Å². The number of thiophene rings is 1. The fourth-order valence-corrected chi connectivity index (χ4v) is 4.86. The van der Waals surface area contributed by atoms with Crippen molar-refractivity contribution in [3.63, 3.8) is 0 Å². The Hall–Kier alpha value is -4.30. The molecule has 36 heavy (non-hydrogen) atoms. The van der Waals surface area contributed by atoms with E-state index >= 15 is 0 Å². The first kappa shape index (κ1) is 22.2. The molecule has 0 aliphatic heterocycles. The molecule has 3 N–H and O–H groups in total. The van der Waals surface area contributed by atoms with Gasteiger partial charge in [-0.2, -0.15) is 16.4 Å². The van der Waals surface area contributed by atoms with E-state index in [0.717, 1.165) is 50.0 Å². The summed E-state index contributed by atoms with van der Waals surface area (Å²) in [5, 5.41) is 17.0. The van der Waals surface area contributed by atoms with Gasteiger partial charge in [0.15, 0.2) is 0 Å². The van der Waals surface area contributed by atoms with Crippen LogP contribution in [-0.4, -0.2) is 31.1 Å². The molecule has 0 saturated carbocycles. The molecule has 0 spiro atoms. The van der Waals surface area contributed by atoms with Gasteiger partial charge >= 0.3 is 0 Å². The van der Waals surface area contributed by atoms with E-state index in [1.807, 2.05) is 51.2 Å². The van der Waals surface area contributed by atoms with E-state index in [9.17, 15) is 4.79 Å². The Morgan fingerprint density at radius 2 is 1.86 bits per heavy atom. The number of amides is 1. The number of fused-ring (bicyclic) bond motifs is 2. The predicted molar refractivity (Wildman–Crippen MR) is 146 cm³/mol. The second-order valence-electron chi connectivity index (χ2n) is 9.81. The summed E-state index contributed by atoms with van der Waals surface area (Å²) in [7, 11) is 0. The minimum absolute atomic E-state index is 0.0525. The number of carbonyl (C=O) groups excluding carboxylic acids is 1. The molecule has 0 fully saturated rings. The SMILES string of the molecule is CC(C)(C)C(=O)Nc1cncc(-c2ccc3[nH]nc(-c4cc5c(-c6ccsc6)ccnc5[nH]4)c3c2)c1. The number of hydrogen-bond acceptors (Lipinski definition) is 5. The Morgan fingerprint density at radius 3 is 2.67 bits per heavy atom. The molecule has 1 aromatic carbocycles. The third-order valence-electron chi connectivity index (χ3n) is 6.19. The van der Waals surface area contributed by atoms with Crippen molar-refractivity contribution in [3.8, 4) is 33.6 Å². The summed E-state index contributed by atoms with van der Waals surface area (Å²) in [6.45, 7) is 5.66. The fourth-order valence-electron chi connectivity index (χ4n) is 4.21. The van der Waals surface area contributed by atoms with Crippen LogP contribution in [0, 0.1) is 5.41 Å². The Balaban J connectivity index is 1.40. The van der Waals surface area contributed by atoms with Gasteiger partial charge in [0.1, 0.15) is 11.3 Å². The Kier molecular flexibility index (Phi) is 5.19. The first-order chi connectivity index (χ1) is 17.4. The van der Waals surface area contributed by atoms with Gasteiger partial charge in [-0.25, -0.2) is 4.98 Å². The maximum Gasteiger partial charge on any atom is 0.229 e. The maximum atomic E-state index is 12.4. The van der Waals surface area contributed by atoms with Crippen molar-refractivity contribution < 1.29 is 4.79 Å². The molecule has 0 aliphatic carbocycles. The molecule has 0 unspecified atom stereocenters. The summed E-state index contributed by atoms with van der Waals surface area (Å²) in [4.78, 5) is 24.8. The third kappa shape index (κ3) is 3.95. The van der Waals surface area contributed by atoms with Crippen molar-refractivity contribution in [2.24, 2.45) is 5.41 Å². The zero-order valence-electron chi connectivity index (χ0n) is 20.1. The molecule has 6 rings (SSSR count). The van der Waals surface area contributed by atoms with E-state index in [1.165, 1.54) is 5.56 Å². The maximum absolute atomic E-state index is 12.4. The number of nitrogens with zero attached hydrogens (tertiary/aromatic N) is 3. The van der Waals surface area contributed by atoms with Crippen LogP contribution in [0.1, 0.15) is 20.8 Å². The molecule has 8 heteroatoms. The number of aromatic amines is 2. The molecule has 0 bridgehead atoms. The zero-order valence-corrected chi connectivity index (χ0v) is 20.9. The van der Waals surface area contributed by atoms with Crippen LogP contribution in [0.2, 0.25) is 0 Å². The van der Waals surface area contributed by atoms with Crippen molar-refractivity contribution in [3.05, 3.63) is 71.8 Å². The molecule has 1 amide bonds. The predicted octanol–water partition coefficient (Wildman–Crippen LogP) is 6.88. The average molecular weight is 493 g/mol. The van der Waals surface area contributed by atoms with Gasteiger partial charge < -0.3 is 10.3 Å². The lowest BCUT2D eigenvalue weighted by molar-refractivity contribution is -0.123. The topological polar surface area (TPSA) is 99.3 Å². The molecule has 7 nitrogen and oxygen atoms in total. The number of nitrogens with one attached hydrogen (secondary N) is 3. The van der Waals surface area contributed by atoms with Crippen LogP contribution in [0.5, 0.6) is 0 Å². The fraction of sp³-hybridized carbons (Fsp3) is 0.143. The summed E-state index contributed by atoms with van der Waals surface area (Å²) < 4.78 is 0. The number of carbonyl (C=O) groups is 1. The summed E-state index contributed by atoms with van der Waals surface area (Å²) >= 11 is 1.68. The van der Waals surface area contributed by atoms with Gasteiger partial charge in [-0.3, -0.25) is 14.9 Å². The normalized spacial score (nSPS) is 11.9. The van der Waals surface area contributed by atoms with Crippen LogP contribution in [0.15, 0.2) is 71.8 Å². The highest BCUT2D eigenvalue weighted by Gasteiger charge is 2.21. The lowest BCUT2D eigenvalue weighted by Crippen LogP contribution is -2.27. The first-order valence-electron chi connectivity index (χ1n) is 11.6. The summed E-state index contributed by atoms with van der Waals surface area (Å²) in [6.07, 6.45) is 5.29. The van der Waals surface area contributed by atoms with Crippen molar-refractivity contribution in [1.82, 2.24) is 25.1 Å². The lowest BCUT2D eigenvalue weighted by atomic mass is 9.95. The minimum Gasteiger partial charge on any atom is -0.338 e. The number of aromatic nitrogens is 5. The molecule has 0 radical (unpaired) electrons. The van der Waals surface area contributed by atoms with Gasteiger partial charge in [-0.1, -0.05) is 26.8 Å². The largest absolute Gasteiger partial charge is 0.338 e. The number of rotatable bonds is 4. The van der Waals surface area contributed by atoms with Gasteiger partial charge in [0.25, 0.3) is 0 Å². The van der Waals surface area contributed by atoms with Crippen LogP contribution >= 0.6 is 11.3 Å².